The van der Waals surface area contributed by atoms with Crippen molar-refractivity contribution in [1.82, 2.24) is 4.90 Å². The van der Waals surface area contributed by atoms with Crippen LogP contribution in [0.1, 0.15) is 24.0 Å². The van der Waals surface area contributed by atoms with Crippen LogP contribution >= 0.6 is 0 Å². The van der Waals surface area contributed by atoms with Crippen molar-refractivity contribution in [1.29, 1.82) is 5.26 Å². The second-order valence-corrected chi connectivity index (χ2v) is 7.18. The lowest BCUT2D eigenvalue weighted by Gasteiger charge is -2.40. The number of hydrogen-bond acceptors (Lipinski definition) is 4. The van der Waals surface area contributed by atoms with Gasteiger partial charge in [-0.3, -0.25) is 9.69 Å². The van der Waals surface area contributed by atoms with Crippen LogP contribution in [0.15, 0.2) is 54.6 Å². The van der Waals surface area contributed by atoms with E-state index in [9.17, 15) is 4.79 Å². The Balaban J connectivity index is 1.49. The summed E-state index contributed by atoms with van der Waals surface area (Å²) in [6.45, 7) is 2.79. The summed E-state index contributed by atoms with van der Waals surface area (Å²) < 4.78 is 5.90. The molecule has 2 aliphatic rings. The van der Waals surface area contributed by atoms with Gasteiger partial charge in [-0.05, 0) is 42.7 Å². The molecule has 0 unspecified atom stereocenters. The van der Waals surface area contributed by atoms with Gasteiger partial charge < -0.3 is 9.64 Å². The number of likely N-dealkylation sites (tertiary alicyclic amines) is 1. The highest BCUT2D eigenvalue weighted by Gasteiger charge is 2.39. The predicted molar refractivity (Wildman–Crippen MR) is 103 cm³/mol. The molecule has 2 aromatic carbocycles. The standard InChI is InChI=1S/C22H23N3O2/c23-14-17-5-4-6-18(13-17)15-24-11-9-20-21(10-12-24)27-16-22(26)25(20)19-7-2-1-3-8-19/h1-8,13,20-21H,9-12,15-16H2/t20-,21-/m0/s1. The molecular weight excluding hydrogens is 338 g/mol. The molecule has 27 heavy (non-hydrogen) atoms. The van der Waals surface area contributed by atoms with Crippen LogP contribution in [0.5, 0.6) is 0 Å². The fourth-order valence-corrected chi connectivity index (χ4v) is 4.12. The Morgan fingerprint density at radius 1 is 1.07 bits per heavy atom. The first-order chi connectivity index (χ1) is 13.2. The van der Waals surface area contributed by atoms with Gasteiger partial charge in [0.05, 0.1) is 23.8 Å². The molecule has 138 valence electrons. The molecule has 0 aromatic heterocycles. The number of carbonyl (C=O) groups excluding carboxylic acids is 1. The van der Waals surface area contributed by atoms with E-state index < -0.39 is 0 Å². The predicted octanol–water partition coefficient (Wildman–Crippen LogP) is 2.95. The number of rotatable bonds is 3. The molecule has 5 nitrogen and oxygen atoms in total. The van der Waals surface area contributed by atoms with Crippen LogP contribution in [-0.2, 0) is 16.1 Å². The minimum atomic E-state index is 0.0395. The van der Waals surface area contributed by atoms with Gasteiger partial charge in [0.1, 0.15) is 6.61 Å². The van der Waals surface area contributed by atoms with Crippen LogP contribution < -0.4 is 4.90 Å². The van der Waals surface area contributed by atoms with Crippen molar-refractivity contribution in [2.75, 3.05) is 24.6 Å². The third-order valence-corrected chi connectivity index (χ3v) is 5.42. The van der Waals surface area contributed by atoms with Crippen LogP contribution in [-0.4, -0.2) is 42.6 Å². The quantitative estimate of drug-likeness (QED) is 0.843. The maximum atomic E-state index is 12.6. The summed E-state index contributed by atoms with van der Waals surface area (Å²) in [7, 11) is 0. The van der Waals surface area contributed by atoms with E-state index in [2.05, 4.69) is 17.0 Å². The van der Waals surface area contributed by atoms with Crippen LogP contribution in [0, 0.1) is 11.3 Å². The molecule has 4 rings (SSSR count). The number of para-hydroxylation sites is 1. The maximum Gasteiger partial charge on any atom is 0.253 e. The smallest absolute Gasteiger partial charge is 0.253 e. The Morgan fingerprint density at radius 3 is 2.70 bits per heavy atom. The van der Waals surface area contributed by atoms with Gasteiger partial charge in [-0.2, -0.15) is 5.26 Å². The molecule has 0 N–H and O–H groups in total. The van der Waals surface area contributed by atoms with Crippen LogP contribution in [0.4, 0.5) is 5.69 Å². The molecule has 2 aromatic rings. The number of nitrogens with zero attached hydrogens (tertiary/aromatic N) is 3. The van der Waals surface area contributed by atoms with Gasteiger partial charge in [0.25, 0.3) is 5.91 Å². The van der Waals surface area contributed by atoms with E-state index >= 15 is 0 Å². The summed E-state index contributed by atoms with van der Waals surface area (Å²) in [6.07, 6.45) is 1.85. The van der Waals surface area contributed by atoms with Crippen molar-refractivity contribution in [2.24, 2.45) is 0 Å². The average molecular weight is 361 g/mol. The fraction of sp³-hybridized carbons (Fsp3) is 0.364. The highest BCUT2D eigenvalue weighted by Crippen LogP contribution is 2.29. The first-order valence-corrected chi connectivity index (χ1v) is 9.45. The van der Waals surface area contributed by atoms with E-state index in [-0.39, 0.29) is 24.7 Å². The van der Waals surface area contributed by atoms with E-state index in [1.54, 1.807) is 0 Å². The lowest BCUT2D eigenvalue weighted by molar-refractivity contribution is -0.132. The number of nitriles is 1. The summed E-state index contributed by atoms with van der Waals surface area (Å²) in [5.74, 6) is 0.0395. The Kier molecular flexibility index (Phi) is 5.19. The number of carbonyl (C=O) groups is 1. The molecule has 1 amide bonds. The molecule has 2 fully saturated rings. The number of anilines is 1. The minimum Gasteiger partial charge on any atom is -0.366 e. The normalized spacial score (nSPS) is 23.4. The number of ether oxygens (including phenoxy) is 1. The SMILES string of the molecule is N#Cc1cccc(CN2CC[C@@H]3OCC(=O)N(c4ccccc4)[C@H]3CC2)c1. The van der Waals surface area contributed by atoms with Crippen molar-refractivity contribution >= 4 is 11.6 Å². The second kappa shape index (κ2) is 7.91. The van der Waals surface area contributed by atoms with Gasteiger partial charge in [-0.1, -0.05) is 30.3 Å². The fourth-order valence-electron chi connectivity index (χ4n) is 4.12. The molecule has 0 radical (unpaired) electrons. The number of hydrogen-bond donors (Lipinski definition) is 0. The number of amides is 1. The Labute approximate surface area is 159 Å². The zero-order valence-electron chi connectivity index (χ0n) is 15.3. The Morgan fingerprint density at radius 2 is 1.89 bits per heavy atom. The lowest BCUT2D eigenvalue weighted by Crippen LogP contribution is -2.54. The zero-order chi connectivity index (χ0) is 18.6. The van der Waals surface area contributed by atoms with Crippen LogP contribution in [0.3, 0.4) is 0 Å². The largest absolute Gasteiger partial charge is 0.366 e. The summed E-state index contributed by atoms with van der Waals surface area (Å²) in [5, 5.41) is 9.10. The van der Waals surface area contributed by atoms with Gasteiger partial charge in [0, 0.05) is 25.3 Å². The number of morpholine rings is 1. The van der Waals surface area contributed by atoms with Crippen molar-refractivity contribution in [3.8, 4) is 6.07 Å². The van der Waals surface area contributed by atoms with E-state index in [1.807, 2.05) is 53.4 Å². The lowest BCUT2D eigenvalue weighted by atomic mass is 10.0. The number of fused-ring (bicyclic) bond motifs is 1. The first kappa shape index (κ1) is 17.7. The van der Waals surface area contributed by atoms with Crippen molar-refractivity contribution in [2.45, 2.75) is 31.5 Å². The van der Waals surface area contributed by atoms with Gasteiger partial charge in [0.15, 0.2) is 0 Å². The zero-order valence-corrected chi connectivity index (χ0v) is 15.3. The van der Waals surface area contributed by atoms with E-state index in [0.29, 0.717) is 5.56 Å². The van der Waals surface area contributed by atoms with E-state index in [1.165, 1.54) is 0 Å². The van der Waals surface area contributed by atoms with Crippen molar-refractivity contribution in [3.63, 3.8) is 0 Å². The molecule has 2 heterocycles. The third-order valence-electron chi connectivity index (χ3n) is 5.42. The topological polar surface area (TPSA) is 56.6 Å². The Bertz CT molecular complexity index is 846. The molecule has 0 saturated carbocycles. The third kappa shape index (κ3) is 3.87. The molecule has 2 saturated heterocycles. The molecule has 0 aliphatic carbocycles. The van der Waals surface area contributed by atoms with Gasteiger partial charge in [0.2, 0.25) is 0 Å². The van der Waals surface area contributed by atoms with Crippen LogP contribution in [0.2, 0.25) is 0 Å². The van der Waals surface area contributed by atoms with E-state index in [0.717, 1.165) is 43.7 Å². The minimum absolute atomic E-state index is 0.0395. The molecule has 0 bridgehead atoms. The van der Waals surface area contributed by atoms with Crippen molar-refractivity contribution in [3.05, 3.63) is 65.7 Å². The summed E-state index contributed by atoms with van der Waals surface area (Å²) in [5.41, 5.74) is 2.80. The van der Waals surface area contributed by atoms with Gasteiger partial charge >= 0.3 is 0 Å². The molecular formula is C22H23N3O2. The molecule has 2 atom stereocenters. The molecule has 5 heteroatoms. The number of benzene rings is 2. The summed E-state index contributed by atoms with van der Waals surface area (Å²) >= 11 is 0. The molecule has 0 spiro atoms. The highest BCUT2D eigenvalue weighted by molar-refractivity contribution is 5.95. The average Bonchev–Trinajstić information content (AvgIpc) is 2.91. The monoisotopic (exact) mass is 361 g/mol. The highest BCUT2D eigenvalue weighted by atomic mass is 16.5. The summed E-state index contributed by atoms with van der Waals surface area (Å²) in [6, 6.07) is 20.0. The van der Waals surface area contributed by atoms with Crippen molar-refractivity contribution < 1.29 is 9.53 Å². The maximum absolute atomic E-state index is 12.6. The first-order valence-electron chi connectivity index (χ1n) is 9.45. The van der Waals surface area contributed by atoms with E-state index in [4.69, 9.17) is 10.00 Å². The van der Waals surface area contributed by atoms with Gasteiger partial charge in [-0.15, -0.1) is 0 Å². The summed E-state index contributed by atoms with van der Waals surface area (Å²) in [4.78, 5) is 16.9. The second-order valence-electron chi connectivity index (χ2n) is 7.18. The van der Waals surface area contributed by atoms with Gasteiger partial charge in [-0.25, -0.2) is 0 Å². The molecule has 2 aliphatic heterocycles. The Hall–Kier alpha value is -2.68. The van der Waals surface area contributed by atoms with Crippen LogP contribution in [0.25, 0.3) is 0 Å².